The molecule has 48 valence electrons. The standard InChI is InChI=1S/C7H7BN2/c8-7-4-2-1-3-6(7)5-10-9/h1-5H,9H2/b10-5+. The van der Waals surface area contributed by atoms with Crippen LogP contribution in [-0.2, 0) is 0 Å². The van der Waals surface area contributed by atoms with Crippen molar-refractivity contribution in [3.05, 3.63) is 29.8 Å². The Morgan fingerprint density at radius 1 is 1.40 bits per heavy atom. The second kappa shape index (κ2) is 3.06. The summed E-state index contributed by atoms with van der Waals surface area (Å²) in [5.41, 5.74) is 1.54. The molecule has 0 unspecified atom stereocenters. The molecule has 0 aliphatic rings. The molecule has 10 heavy (non-hydrogen) atoms. The van der Waals surface area contributed by atoms with Gasteiger partial charge >= 0.3 is 0 Å². The molecule has 0 spiro atoms. The average Bonchev–Trinajstić information content (AvgIpc) is 1.94. The zero-order chi connectivity index (χ0) is 7.40. The molecule has 0 heterocycles. The highest BCUT2D eigenvalue weighted by atomic mass is 15.1. The van der Waals surface area contributed by atoms with E-state index in [1.165, 1.54) is 6.21 Å². The van der Waals surface area contributed by atoms with E-state index in [2.05, 4.69) is 5.10 Å². The van der Waals surface area contributed by atoms with Crippen LogP contribution in [0.4, 0.5) is 0 Å². The van der Waals surface area contributed by atoms with E-state index in [0.29, 0.717) is 5.46 Å². The highest BCUT2D eigenvalue weighted by Gasteiger charge is 1.88. The van der Waals surface area contributed by atoms with Gasteiger partial charge in [0.15, 0.2) is 0 Å². The molecule has 0 aliphatic heterocycles. The lowest BCUT2D eigenvalue weighted by Gasteiger charge is -1.95. The molecule has 0 amide bonds. The number of hydrogen-bond acceptors (Lipinski definition) is 2. The first-order chi connectivity index (χ1) is 4.84. The minimum absolute atomic E-state index is 0.691. The van der Waals surface area contributed by atoms with Crippen LogP contribution in [0.1, 0.15) is 5.56 Å². The lowest BCUT2D eigenvalue weighted by Crippen LogP contribution is -2.08. The minimum Gasteiger partial charge on any atom is -0.323 e. The van der Waals surface area contributed by atoms with Crippen molar-refractivity contribution in [2.45, 2.75) is 0 Å². The van der Waals surface area contributed by atoms with Crippen LogP contribution in [0.25, 0.3) is 0 Å². The topological polar surface area (TPSA) is 38.4 Å². The SMILES string of the molecule is [B]c1ccccc1/C=N/N. The Labute approximate surface area is 61.2 Å². The van der Waals surface area contributed by atoms with Crippen LogP contribution in [0.5, 0.6) is 0 Å². The third kappa shape index (κ3) is 1.38. The van der Waals surface area contributed by atoms with E-state index in [9.17, 15) is 0 Å². The van der Waals surface area contributed by atoms with Gasteiger partial charge in [-0.1, -0.05) is 29.7 Å². The van der Waals surface area contributed by atoms with Crippen molar-refractivity contribution in [3.63, 3.8) is 0 Å². The highest BCUT2D eigenvalue weighted by Crippen LogP contribution is 1.88. The summed E-state index contributed by atoms with van der Waals surface area (Å²) < 4.78 is 0. The van der Waals surface area contributed by atoms with Gasteiger partial charge in [0.2, 0.25) is 0 Å². The first-order valence-electron chi connectivity index (χ1n) is 2.92. The molecule has 3 heteroatoms. The van der Waals surface area contributed by atoms with Crippen LogP contribution in [0, 0.1) is 0 Å². The van der Waals surface area contributed by atoms with Gasteiger partial charge in [-0.3, -0.25) is 0 Å². The summed E-state index contributed by atoms with van der Waals surface area (Å²) in [6, 6.07) is 7.40. The summed E-state index contributed by atoms with van der Waals surface area (Å²) >= 11 is 0. The van der Waals surface area contributed by atoms with Crippen LogP contribution in [0.3, 0.4) is 0 Å². The average molecular weight is 130 g/mol. The Morgan fingerprint density at radius 3 is 2.70 bits per heavy atom. The molecule has 0 aliphatic carbocycles. The first kappa shape index (κ1) is 6.87. The number of nitrogens with zero attached hydrogens (tertiary/aromatic N) is 1. The summed E-state index contributed by atoms with van der Waals surface area (Å²) in [5.74, 6) is 4.94. The van der Waals surface area contributed by atoms with Crippen molar-refractivity contribution >= 4 is 19.5 Å². The van der Waals surface area contributed by atoms with Gasteiger partial charge in [0.1, 0.15) is 7.85 Å². The molecule has 2 nitrogen and oxygen atoms in total. The Kier molecular flexibility index (Phi) is 2.10. The van der Waals surface area contributed by atoms with Crippen molar-refractivity contribution in [3.8, 4) is 0 Å². The van der Waals surface area contributed by atoms with Crippen LogP contribution >= 0.6 is 0 Å². The molecule has 1 aromatic rings. The Balaban J connectivity index is 3.03. The first-order valence-corrected chi connectivity index (χ1v) is 2.92. The van der Waals surface area contributed by atoms with E-state index in [4.69, 9.17) is 13.7 Å². The number of rotatable bonds is 1. The summed E-state index contributed by atoms with van der Waals surface area (Å²) in [5, 5.41) is 3.36. The van der Waals surface area contributed by atoms with Gasteiger partial charge in [0.05, 0.1) is 6.21 Å². The molecular weight excluding hydrogens is 123 g/mol. The molecule has 1 rings (SSSR count). The summed E-state index contributed by atoms with van der Waals surface area (Å²) in [7, 11) is 5.56. The van der Waals surface area contributed by atoms with Gasteiger partial charge in [0.25, 0.3) is 0 Å². The van der Waals surface area contributed by atoms with E-state index < -0.39 is 0 Å². The van der Waals surface area contributed by atoms with E-state index in [1.54, 1.807) is 6.07 Å². The third-order valence-corrected chi connectivity index (χ3v) is 1.21. The monoisotopic (exact) mass is 130 g/mol. The maximum Gasteiger partial charge on any atom is 0.114 e. The lowest BCUT2D eigenvalue weighted by atomic mass is 9.91. The fourth-order valence-corrected chi connectivity index (χ4v) is 0.709. The van der Waals surface area contributed by atoms with Crippen molar-refractivity contribution in [2.24, 2.45) is 10.9 Å². The minimum atomic E-state index is 0.691. The van der Waals surface area contributed by atoms with E-state index in [0.717, 1.165) is 5.56 Å². The van der Waals surface area contributed by atoms with Crippen LogP contribution in [0.15, 0.2) is 29.4 Å². The third-order valence-electron chi connectivity index (χ3n) is 1.21. The molecule has 0 aromatic heterocycles. The second-order valence-electron chi connectivity index (χ2n) is 1.91. The van der Waals surface area contributed by atoms with Gasteiger partial charge in [0, 0.05) is 0 Å². The predicted molar refractivity (Wildman–Crippen MR) is 43.6 cm³/mol. The Morgan fingerprint density at radius 2 is 2.10 bits per heavy atom. The summed E-state index contributed by atoms with van der Waals surface area (Å²) in [4.78, 5) is 0. The zero-order valence-corrected chi connectivity index (χ0v) is 5.49. The fourth-order valence-electron chi connectivity index (χ4n) is 0.709. The quantitative estimate of drug-likeness (QED) is 0.242. The summed E-state index contributed by atoms with van der Waals surface area (Å²) in [6.45, 7) is 0. The summed E-state index contributed by atoms with van der Waals surface area (Å²) in [6.07, 6.45) is 1.52. The normalized spacial score (nSPS) is 10.4. The van der Waals surface area contributed by atoms with Crippen LogP contribution < -0.4 is 11.3 Å². The van der Waals surface area contributed by atoms with E-state index in [-0.39, 0.29) is 0 Å². The molecule has 0 bridgehead atoms. The number of nitrogens with two attached hydrogens (primary N) is 1. The van der Waals surface area contributed by atoms with Crippen molar-refractivity contribution in [1.29, 1.82) is 0 Å². The maximum atomic E-state index is 5.56. The molecule has 2 radical (unpaired) electrons. The molecule has 0 saturated carbocycles. The molecular formula is C7H7BN2. The predicted octanol–water partition coefficient (Wildman–Crippen LogP) is -0.227. The zero-order valence-electron chi connectivity index (χ0n) is 5.49. The number of hydrogen-bond donors (Lipinski definition) is 1. The van der Waals surface area contributed by atoms with Gasteiger partial charge in [-0.15, -0.1) is 0 Å². The molecule has 0 atom stereocenters. The Hall–Kier alpha value is -1.25. The molecule has 1 aromatic carbocycles. The smallest absolute Gasteiger partial charge is 0.114 e. The Bertz CT molecular complexity index is 245. The van der Waals surface area contributed by atoms with Crippen molar-refractivity contribution in [2.75, 3.05) is 0 Å². The van der Waals surface area contributed by atoms with Gasteiger partial charge in [-0.25, -0.2) is 0 Å². The number of hydrazone groups is 1. The van der Waals surface area contributed by atoms with Crippen molar-refractivity contribution in [1.82, 2.24) is 0 Å². The second-order valence-corrected chi connectivity index (χ2v) is 1.91. The van der Waals surface area contributed by atoms with Gasteiger partial charge < -0.3 is 5.84 Å². The van der Waals surface area contributed by atoms with Crippen LogP contribution in [0.2, 0.25) is 0 Å². The van der Waals surface area contributed by atoms with E-state index >= 15 is 0 Å². The maximum absolute atomic E-state index is 5.56. The van der Waals surface area contributed by atoms with Gasteiger partial charge in [-0.05, 0) is 5.56 Å². The number of benzene rings is 1. The van der Waals surface area contributed by atoms with E-state index in [1.807, 2.05) is 18.2 Å². The highest BCUT2D eigenvalue weighted by molar-refractivity contribution is 6.35. The van der Waals surface area contributed by atoms with Gasteiger partial charge in [-0.2, -0.15) is 5.10 Å². The molecule has 0 fully saturated rings. The largest absolute Gasteiger partial charge is 0.323 e. The fraction of sp³-hybridized carbons (Fsp3) is 0. The molecule has 0 saturated heterocycles. The lowest BCUT2D eigenvalue weighted by molar-refractivity contribution is 1.26. The van der Waals surface area contributed by atoms with Crippen molar-refractivity contribution < 1.29 is 0 Å². The molecule has 2 N–H and O–H groups in total. The van der Waals surface area contributed by atoms with Crippen LogP contribution in [-0.4, -0.2) is 14.1 Å².